The second kappa shape index (κ2) is 11.0. The molecule has 0 amide bonds. The molecule has 0 saturated heterocycles. The molecule has 0 fully saturated rings. The fourth-order valence-electron chi connectivity index (χ4n) is 0.730. The van der Waals surface area contributed by atoms with Crippen LogP contribution in [0.3, 0.4) is 0 Å². The van der Waals surface area contributed by atoms with E-state index in [4.69, 9.17) is 5.11 Å². The third-order valence-electron chi connectivity index (χ3n) is 1.40. The van der Waals surface area contributed by atoms with Gasteiger partial charge < -0.3 is 19.1 Å². The molecule has 0 atom stereocenters. The summed E-state index contributed by atoms with van der Waals surface area (Å²) in [5.74, 6) is -0.241. The second-order valence-corrected chi connectivity index (χ2v) is 2.47. The molecule has 0 aliphatic carbocycles. The summed E-state index contributed by atoms with van der Waals surface area (Å²) in [5.41, 5.74) is 0. The van der Waals surface area contributed by atoms with Crippen LogP contribution in [0.2, 0.25) is 0 Å². The van der Waals surface area contributed by atoms with Gasteiger partial charge in [-0.15, -0.1) is 0 Å². The van der Waals surface area contributed by atoms with E-state index < -0.39 is 7.32 Å². The van der Waals surface area contributed by atoms with Gasteiger partial charge in [0.05, 0.1) is 0 Å². The number of hydrogen-bond acceptors (Lipinski definition) is 4. The summed E-state index contributed by atoms with van der Waals surface area (Å²) in [6.07, 6.45) is 0. The Balaban J connectivity index is 0. The summed E-state index contributed by atoms with van der Waals surface area (Å²) in [4.78, 5) is 0. The molecule has 86 valence electrons. The molecule has 0 aliphatic rings. The molecule has 0 radical (unpaired) electrons. The SMILES string of the molecule is COB(OC)OC.Oc1ccc(F)cc1.[LiH]. The van der Waals surface area contributed by atoms with Crippen LogP contribution in [-0.4, -0.2) is 52.6 Å². The first-order chi connectivity index (χ1) is 7.13. The van der Waals surface area contributed by atoms with Gasteiger partial charge in [-0.1, -0.05) is 0 Å². The van der Waals surface area contributed by atoms with Crippen LogP contribution in [0.4, 0.5) is 4.39 Å². The summed E-state index contributed by atoms with van der Waals surface area (Å²) >= 11 is 0. The quantitative estimate of drug-likeness (QED) is 0.771. The summed E-state index contributed by atoms with van der Waals surface area (Å²) < 4.78 is 25.8. The summed E-state index contributed by atoms with van der Waals surface area (Å²) in [5, 5.41) is 8.59. The van der Waals surface area contributed by atoms with Crippen molar-refractivity contribution in [2.75, 3.05) is 21.3 Å². The van der Waals surface area contributed by atoms with Gasteiger partial charge in [-0.2, -0.15) is 0 Å². The van der Waals surface area contributed by atoms with Crippen molar-refractivity contribution in [2.45, 2.75) is 0 Å². The average molecular weight is 224 g/mol. The van der Waals surface area contributed by atoms with Gasteiger partial charge in [-0.3, -0.25) is 0 Å². The predicted octanol–water partition coefficient (Wildman–Crippen LogP) is 0.793. The normalized spacial score (nSPS) is 8.50. The van der Waals surface area contributed by atoms with E-state index >= 15 is 0 Å². The minimum absolute atomic E-state index is 0. The predicted molar refractivity (Wildman–Crippen MR) is 62.0 cm³/mol. The van der Waals surface area contributed by atoms with E-state index in [1.165, 1.54) is 45.6 Å². The fourth-order valence-corrected chi connectivity index (χ4v) is 0.730. The molecule has 1 rings (SSSR count). The zero-order valence-corrected chi connectivity index (χ0v) is 8.94. The van der Waals surface area contributed by atoms with Crippen LogP contribution in [0.5, 0.6) is 5.75 Å². The van der Waals surface area contributed by atoms with Crippen molar-refractivity contribution in [3.05, 3.63) is 30.1 Å². The van der Waals surface area contributed by atoms with E-state index in [-0.39, 0.29) is 30.4 Å². The van der Waals surface area contributed by atoms with Gasteiger partial charge in [0.1, 0.15) is 11.6 Å². The van der Waals surface area contributed by atoms with Crippen molar-refractivity contribution in [3.63, 3.8) is 0 Å². The number of halogens is 1. The van der Waals surface area contributed by atoms with Crippen LogP contribution in [0.25, 0.3) is 0 Å². The second-order valence-electron chi connectivity index (χ2n) is 2.47. The topological polar surface area (TPSA) is 47.9 Å². The molecule has 0 bridgehead atoms. The van der Waals surface area contributed by atoms with E-state index in [2.05, 4.69) is 14.0 Å². The summed E-state index contributed by atoms with van der Waals surface area (Å²) in [6, 6.07) is 5.01. The van der Waals surface area contributed by atoms with Crippen LogP contribution in [-0.2, 0) is 14.0 Å². The Morgan fingerprint density at radius 1 is 1.00 bits per heavy atom. The van der Waals surface area contributed by atoms with Crippen molar-refractivity contribution >= 4 is 26.2 Å². The number of hydrogen-bond donors (Lipinski definition) is 1. The van der Waals surface area contributed by atoms with Crippen LogP contribution >= 0.6 is 0 Å². The van der Waals surface area contributed by atoms with Crippen LogP contribution in [0.1, 0.15) is 0 Å². The Kier molecular flexibility index (Phi) is 12.3. The van der Waals surface area contributed by atoms with Crippen molar-refractivity contribution in [1.82, 2.24) is 0 Å². The standard InChI is InChI=1S/C6H5FO.C3H9BO3.Li.H/c7-5-1-3-6(8)4-2-5;1-5-4(6-2)7-3;;/h1-4,8H;1-3H3;;. The molecule has 4 nitrogen and oxygen atoms in total. The zero-order chi connectivity index (χ0) is 11.7. The molecule has 0 aromatic heterocycles. The molecular weight excluding hydrogens is 209 g/mol. The number of phenolic OH excluding ortho intramolecular Hbond substituents is 1. The molecular formula is C9H15BFLiO4. The third-order valence-corrected chi connectivity index (χ3v) is 1.40. The first-order valence-corrected chi connectivity index (χ1v) is 4.17. The third kappa shape index (κ3) is 8.77. The Morgan fingerprint density at radius 3 is 1.56 bits per heavy atom. The van der Waals surface area contributed by atoms with Crippen molar-refractivity contribution in [1.29, 1.82) is 0 Å². The molecule has 1 aromatic rings. The molecule has 0 saturated carbocycles. The fraction of sp³-hybridized carbons (Fsp3) is 0.333. The van der Waals surface area contributed by atoms with Crippen molar-refractivity contribution in [2.24, 2.45) is 0 Å². The number of aromatic hydroxyl groups is 1. The molecule has 0 spiro atoms. The van der Waals surface area contributed by atoms with Crippen LogP contribution < -0.4 is 0 Å². The van der Waals surface area contributed by atoms with E-state index in [9.17, 15) is 4.39 Å². The summed E-state index contributed by atoms with van der Waals surface area (Å²) in [6.45, 7) is 0. The molecule has 1 aromatic carbocycles. The molecule has 0 aliphatic heterocycles. The average Bonchev–Trinajstić information content (AvgIpc) is 2.26. The minimum atomic E-state index is -0.514. The van der Waals surface area contributed by atoms with E-state index in [0.29, 0.717) is 0 Å². The van der Waals surface area contributed by atoms with Gasteiger partial charge in [0.25, 0.3) is 0 Å². The molecule has 0 unspecified atom stereocenters. The Hall–Kier alpha value is -0.508. The number of benzene rings is 1. The first-order valence-electron chi connectivity index (χ1n) is 4.17. The van der Waals surface area contributed by atoms with Gasteiger partial charge in [0.15, 0.2) is 0 Å². The molecule has 16 heavy (non-hydrogen) atoms. The summed E-state index contributed by atoms with van der Waals surface area (Å²) in [7, 11) is 4.02. The van der Waals surface area contributed by atoms with Crippen molar-refractivity contribution < 1.29 is 23.5 Å². The van der Waals surface area contributed by atoms with Crippen LogP contribution in [0.15, 0.2) is 24.3 Å². The first kappa shape index (κ1) is 17.9. The molecule has 7 heteroatoms. The Bertz CT molecular complexity index is 230. The van der Waals surface area contributed by atoms with Gasteiger partial charge in [-0.05, 0) is 24.3 Å². The number of phenols is 1. The Labute approximate surface area is 107 Å². The van der Waals surface area contributed by atoms with Gasteiger partial charge in [-0.25, -0.2) is 4.39 Å². The monoisotopic (exact) mass is 224 g/mol. The zero-order valence-electron chi connectivity index (χ0n) is 8.94. The van der Waals surface area contributed by atoms with Gasteiger partial charge in [0.2, 0.25) is 0 Å². The van der Waals surface area contributed by atoms with Crippen LogP contribution in [0, 0.1) is 5.82 Å². The van der Waals surface area contributed by atoms with Gasteiger partial charge in [0, 0.05) is 21.3 Å². The number of rotatable bonds is 3. The molecule has 0 heterocycles. The van der Waals surface area contributed by atoms with Crippen molar-refractivity contribution in [3.8, 4) is 5.75 Å². The maximum atomic E-state index is 12.0. The Morgan fingerprint density at radius 2 is 1.38 bits per heavy atom. The van der Waals surface area contributed by atoms with E-state index in [1.54, 1.807) is 0 Å². The van der Waals surface area contributed by atoms with E-state index in [0.717, 1.165) is 0 Å². The molecule has 1 N–H and O–H groups in total. The maximum absolute atomic E-state index is 12.0. The van der Waals surface area contributed by atoms with E-state index in [1.807, 2.05) is 0 Å². The van der Waals surface area contributed by atoms with Gasteiger partial charge >= 0.3 is 26.2 Å².